The molecular formula is C82H79N5O18S6-2. The second-order valence-electron chi connectivity index (χ2n) is 27.5. The summed E-state index contributed by atoms with van der Waals surface area (Å²) in [4.78, 5) is 7.15. The van der Waals surface area contributed by atoms with Crippen LogP contribution >= 0.6 is 0 Å². The average molecular weight is 1610 g/mol. The van der Waals surface area contributed by atoms with Gasteiger partial charge in [-0.25, -0.2) is 26.8 Å². The van der Waals surface area contributed by atoms with Crippen molar-refractivity contribution >= 4 is 112 Å². The van der Waals surface area contributed by atoms with Crippen molar-refractivity contribution < 1.29 is 77.8 Å². The molecule has 23 nitrogen and oxygen atoms in total. The minimum Gasteiger partial charge on any atom is -0.744 e. The fraction of sp³-hybridized carbons (Fsp3) is 0.195. The third-order valence-corrected chi connectivity index (χ3v) is 25.0. The molecule has 7 N–H and O–H groups in total. The van der Waals surface area contributed by atoms with Crippen molar-refractivity contribution in [2.24, 2.45) is 9.98 Å². The Labute approximate surface area is 647 Å². The molecular weight excluding hydrogens is 1540 g/mol. The minimum absolute atomic E-state index is 0.162. The van der Waals surface area contributed by atoms with E-state index in [1.54, 1.807) is 48.5 Å². The second-order valence-corrected chi connectivity index (χ2v) is 35.9. The molecule has 0 amide bonds. The van der Waals surface area contributed by atoms with Gasteiger partial charge in [-0.1, -0.05) is 98.8 Å². The molecule has 0 aliphatic heterocycles. The molecule has 29 heteroatoms. The van der Waals surface area contributed by atoms with Crippen LogP contribution < -0.4 is 16.0 Å². The molecule has 10 aromatic rings. The van der Waals surface area contributed by atoms with E-state index in [-0.39, 0.29) is 58.6 Å². The Morgan fingerprint density at radius 1 is 0.279 bits per heavy atom. The van der Waals surface area contributed by atoms with Crippen molar-refractivity contribution in [1.29, 1.82) is 0 Å². The van der Waals surface area contributed by atoms with Crippen LogP contribution in [0.1, 0.15) is 133 Å². The molecule has 0 fully saturated rings. The van der Waals surface area contributed by atoms with E-state index in [4.69, 9.17) is 9.98 Å². The summed E-state index contributed by atoms with van der Waals surface area (Å²) < 4.78 is 214. The average Bonchev–Trinajstić information content (AvgIpc) is 0.796. The monoisotopic (exact) mass is 1610 g/mol. The molecule has 0 spiro atoms. The number of benzene rings is 10. The van der Waals surface area contributed by atoms with E-state index in [0.717, 1.165) is 39.7 Å². The van der Waals surface area contributed by atoms with Crippen LogP contribution in [0.3, 0.4) is 0 Å². The maximum Gasteiger partial charge on any atom is 0.294 e. The predicted molar refractivity (Wildman–Crippen MR) is 426 cm³/mol. The summed E-state index contributed by atoms with van der Waals surface area (Å²) in [7, 11) is -26.6. The maximum atomic E-state index is 12.6. The van der Waals surface area contributed by atoms with Crippen molar-refractivity contribution in [3.8, 4) is 0 Å². The van der Waals surface area contributed by atoms with Crippen molar-refractivity contribution in [3.05, 3.63) is 306 Å². The lowest BCUT2D eigenvalue weighted by Gasteiger charge is -2.33. The van der Waals surface area contributed by atoms with E-state index in [1.165, 1.54) is 97.1 Å². The topological polar surface area (TPSA) is 393 Å². The van der Waals surface area contributed by atoms with E-state index in [9.17, 15) is 77.8 Å². The summed E-state index contributed by atoms with van der Waals surface area (Å²) >= 11 is 0. The van der Waals surface area contributed by atoms with Gasteiger partial charge in [0.25, 0.3) is 40.5 Å². The first-order valence-corrected chi connectivity index (χ1v) is 43.6. The van der Waals surface area contributed by atoms with Crippen LogP contribution in [0.5, 0.6) is 0 Å². The highest BCUT2D eigenvalue weighted by atomic mass is 32.2. The molecule has 7 atom stereocenters. The molecule has 1 aliphatic rings. The van der Waals surface area contributed by atoms with Gasteiger partial charge in [-0.2, -0.15) is 33.7 Å². The predicted octanol–water partition coefficient (Wildman–Crippen LogP) is 17.1. The van der Waals surface area contributed by atoms with E-state index >= 15 is 0 Å². The molecule has 578 valence electrons. The van der Waals surface area contributed by atoms with Gasteiger partial charge in [0.05, 0.1) is 52.2 Å². The van der Waals surface area contributed by atoms with Crippen LogP contribution in [0.25, 0.3) is 0 Å². The van der Waals surface area contributed by atoms with Gasteiger partial charge in [0.15, 0.2) is 0 Å². The lowest BCUT2D eigenvalue weighted by molar-refractivity contribution is 0.386. The van der Waals surface area contributed by atoms with Crippen LogP contribution in [-0.2, 0) is 60.7 Å². The minimum atomic E-state index is -4.99. The van der Waals surface area contributed by atoms with Gasteiger partial charge in [-0.3, -0.25) is 18.2 Å². The highest BCUT2D eigenvalue weighted by Crippen LogP contribution is 2.48. The Morgan fingerprint density at radius 3 is 0.712 bits per heavy atom. The number of allylic oxidation sites excluding steroid dienone is 4. The Balaban J connectivity index is 0.952. The summed E-state index contributed by atoms with van der Waals surface area (Å²) in [5, 5.41) is 9.98. The summed E-state index contributed by atoms with van der Waals surface area (Å²) in [5.41, 5.74) is 11.6. The lowest BCUT2D eigenvalue weighted by Crippen LogP contribution is -2.17. The Morgan fingerprint density at radius 2 is 0.477 bits per heavy atom. The molecule has 0 bridgehead atoms. The van der Waals surface area contributed by atoms with Crippen molar-refractivity contribution in [2.75, 3.05) is 23.0 Å². The molecule has 1 aliphatic carbocycles. The van der Waals surface area contributed by atoms with Gasteiger partial charge >= 0.3 is 0 Å². The fourth-order valence-electron chi connectivity index (χ4n) is 13.9. The molecule has 111 heavy (non-hydrogen) atoms. The zero-order chi connectivity index (χ0) is 79.6. The van der Waals surface area contributed by atoms with Crippen molar-refractivity contribution in [3.63, 3.8) is 0 Å². The second kappa shape index (κ2) is 34.6. The van der Waals surface area contributed by atoms with Crippen LogP contribution in [0.4, 0.5) is 39.8 Å². The molecule has 0 heterocycles. The number of rotatable bonds is 32. The number of hydrogen-bond donors (Lipinski definition) is 7. The van der Waals surface area contributed by atoms with E-state index in [1.807, 2.05) is 142 Å². The maximum absolute atomic E-state index is 12.6. The van der Waals surface area contributed by atoms with Crippen LogP contribution in [-0.4, -0.2) is 96.3 Å². The summed E-state index contributed by atoms with van der Waals surface area (Å²) in [6.07, 6.45) is 9.02. The highest BCUT2D eigenvalue weighted by Gasteiger charge is 2.32. The number of anilines is 5. The number of nitrogens with zero attached hydrogens (tertiary/aromatic N) is 2. The quantitative estimate of drug-likeness (QED) is 0.0152. The van der Waals surface area contributed by atoms with Gasteiger partial charge in [-0.15, -0.1) is 0 Å². The molecule has 10 aromatic carbocycles. The van der Waals surface area contributed by atoms with Crippen molar-refractivity contribution in [1.82, 2.24) is 0 Å². The first-order chi connectivity index (χ1) is 52.5. The van der Waals surface area contributed by atoms with Gasteiger partial charge in [0.2, 0.25) is 0 Å². The first kappa shape index (κ1) is 81.9. The molecule has 0 saturated carbocycles. The zero-order valence-corrected chi connectivity index (χ0v) is 64.9. The van der Waals surface area contributed by atoms with E-state index in [0.29, 0.717) is 56.9 Å². The van der Waals surface area contributed by atoms with Crippen molar-refractivity contribution in [2.45, 2.75) is 123 Å². The molecule has 0 saturated heterocycles. The van der Waals surface area contributed by atoms with Gasteiger partial charge < -0.3 is 25.1 Å². The van der Waals surface area contributed by atoms with Crippen LogP contribution in [0, 0.1) is 0 Å². The number of aliphatic imine (C=N–C) groups is 2. The summed E-state index contributed by atoms with van der Waals surface area (Å²) in [5.74, 6) is -3.55. The third-order valence-electron chi connectivity index (χ3n) is 19.9. The lowest BCUT2D eigenvalue weighted by atomic mass is 9.71. The molecule has 7 unspecified atom stereocenters. The van der Waals surface area contributed by atoms with E-state index < -0.39 is 105 Å². The van der Waals surface area contributed by atoms with Gasteiger partial charge in [0, 0.05) is 35.5 Å². The molecule has 11 rings (SSSR count). The van der Waals surface area contributed by atoms with Gasteiger partial charge in [0.1, 0.15) is 20.2 Å². The standard InChI is InChI=1S/C82H81N5O18S6/c1-54(56-6-36-77(37-7-56)106(88,89)90)48-63(59-10-40-79(41-11-59)108(94,95)96)50-65(58-4-18-69(19-5-58)84-71-24-26-73(27-25-71)86-75-32-34-76(35-33-75)87-74-30-28-72(29-31-74)85-70-22-20-68(83-3)21-23-70)52-67(62-16-46-82(47-17-62)111(103,104)105)53-66(61-14-44-81(45-15-61)110(100,101)102)51-64(60-12-42-80(43-13-60)109(97,98)99)49-55(2)57-8-38-78(39-9-57)107(91,92)93/h4-47,54-55,63-67,83-85H,48-53H2,1-3H3,(H,88,89,90)(H,91,92,93)(H,94,95,96)(H,97,98,99)(H,100,101,102)(H,103,104,105)/p-2. The number of hydrogen-bond acceptors (Lipinski definition) is 19. The SMILES string of the molecule is CNc1ccc(Nc2ccc(N=C3C=CC(=Nc4ccc(Nc5ccc(C(CC(CC(C)c6ccc(S(=O)(=O)O)cc6)c6ccc(S(=O)(=O)O)cc6)CC(CC(CC(CC(C)c6ccc(S(=O)(=O)O)cc6)c6ccc(S(=O)(=O)O)cc6)c6ccc(S(=O)(=O)[O-])cc6)c6ccc(S(=O)(=O)[O-])cc6)cc5)cc4)C=C3)cc2)cc1. The zero-order valence-electron chi connectivity index (χ0n) is 60.0. The Kier molecular flexibility index (Phi) is 25.6. The Hall–Kier alpha value is -10.1. The molecule has 0 radical (unpaired) electrons. The van der Waals surface area contributed by atoms with E-state index in [2.05, 4.69) is 16.0 Å². The molecule has 0 aromatic heterocycles. The normalized spacial score (nSPS) is 14.8. The smallest absolute Gasteiger partial charge is 0.294 e. The van der Waals surface area contributed by atoms with Crippen LogP contribution in [0.2, 0.25) is 0 Å². The highest BCUT2D eigenvalue weighted by molar-refractivity contribution is 7.87. The summed E-state index contributed by atoms with van der Waals surface area (Å²) in [6, 6.07) is 64.5. The Bertz CT molecular complexity index is 5790. The third kappa shape index (κ3) is 22.6. The summed E-state index contributed by atoms with van der Waals surface area (Å²) in [6.45, 7) is 3.80. The fourth-order valence-corrected chi connectivity index (χ4v) is 16.8. The first-order valence-electron chi connectivity index (χ1n) is 35.0. The largest absolute Gasteiger partial charge is 0.744 e. The number of nitrogens with one attached hydrogen (secondary N) is 3. The van der Waals surface area contributed by atoms with Gasteiger partial charge in [-0.05, 0) is 301 Å². The van der Waals surface area contributed by atoms with Crippen LogP contribution in [0.15, 0.2) is 306 Å².